The number of amides is 3. The van der Waals surface area contributed by atoms with Gasteiger partial charge in [-0.25, -0.2) is 9.67 Å². The predicted molar refractivity (Wildman–Crippen MR) is 114 cm³/mol. The van der Waals surface area contributed by atoms with Crippen molar-refractivity contribution >= 4 is 17.7 Å². The minimum Gasteiger partial charge on any atom is -0.339 e. The van der Waals surface area contributed by atoms with Crippen LogP contribution in [0.4, 0.5) is 0 Å². The largest absolute Gasteiger partial charge is 0.339 e. The van der Waals surface area contributed by atoms with Crippen molar-refractivity contribution in [2.24, 2.45) is 0 Å². The lowest BCUT2D eigenvalue weighted by molar-refractivity contribution is -0.132. The first-order valence-electron chi connectivity index (χ1n) is 10.1. The van der Waals surface area contributed by atoms with Crippen molar-refractivity contribution < 1.29 is 14.4 Å². The van der Waals surface area contributed by atoms with Crippen LogP contribution in [-0.4, -0.2) is 55.9 Å². The van der Waals surface area contributed by atoms with Gasteiger partial charge >= 0.3 is 0 Å². The number of carbonyl (C=O) groups excluding carboxylic acids is 3. The third-order valence-electron chi connectivity index (χ3n) is 5.68. The van der Waals surface area contributed by atoms with Gasteiger partial charge in [-0.15, -0.1) is 0 Å². The van der Waals surface area contributed by atoms with E-state index in [1.807, 2.05) is 31.2 Å². The zero-order valence-electron chi connectivity index (χ0n) is 17.4. The number of benzene rings is 2. The molecule has 1 atom stereocenters. The first-order valence-corrected chi connectivity index (χ1v) is 10.1. The number of fused-ring (bicyclic) bond motifs is 1. The van der Waals surface area contributed by atoms with E-state index in [1.165, 1.54) is 11.2 Å². The van der Waals surface area contributed by atoms with E-state index in [9.17, 15) is 14.4 Å². The van der Waals surface area contributed by atoms with Gasteiger partial charge < -0.3 is 4.90 Å². The third kappa shape index (κ3) is 3.96. The van der Waals surface area contributed by atoms with Crippen molar-refractivity contribution in [2.45, 2.75) is 25.8 Å². The van der Waals surface area contributed by atoms with Gasteiger partial charge in [0.05, 0.1) is 22.9 Å². The van der Waals surface area contributed by atoms with Crippen molar-refractivity contribution in [1.29, 1.82) is 0 Å². The molecule has 0 saturated carbocycles. The summed E-state index contributed by atoms with van der Waals surface area (Å²) in [4.78, 5) is 44.4. The van der Waals surface area contributed by atoms with Crippen LogP contribution in [0.15, 0.2) is 61.2 Å². The molecule has 8 heteroatoms. The van der Waals surface area contributed by atoms with Gasteiger partial charge in [0, 0.05) is 20.0 Å². The van der Waals surface area contributed by atoms with Crippen LogP contribution in [0, 0.1) is 0 Å². The standard InChI is InChI=1S/C23H23N5O3/c1-16(17-9-11-18(12-10-17)28-15-24-14-25-28)26(2)21(29)8-5-13-27-22(30)19-6-3-4-7-20(19)23(27)31/h3-4,6-7,9-12,14-16H,5,8,13H2,1-2H3/t16-/m0/s1. The van der Waals surface area contributed by atoms with E-state index >= 15 is 0 Å². The van der Waals surface area contributed by atoms with E-state index in [0.717, 1.165) is 11.3 Å². The van der Waals surface area contributed by atoms with Crippen molar-refractivity contribution in [1.82, 2.24) is 24.6 Å². The maximum atomic E-state index is 12.7. The zero-order chi connectivity index (χ0) is 22.0. The average molecular weight is 417 g/mol. The number of aromatic nitrogens is 3. The van der Waals surface area contributed by atoms with Gasteiger partial charge in [0.2, 0.25) is 5.91 Å². The van der Waals surface area contributed by atoms with E-state index in [4.69, 9.17) is 0 Å². The topological polar surface area (TPSA) is 88.4 Å². The molecule has 3 aromatic rings. The number of nitrogens with zero attached hydrogens (tertiary/aromatic N) is 5. The Kier molecular flexibility index (Phi) is 5.62. The summed E-state index contributed by atoms with van der Waals surface area (Å²) >= 11 is 0. The molecule has 4 rings (SSSR count). The Morgan fingerprint density at radius 2 is 1.68 bits per heavy atom. The fourth-order valence-corrected chi connectivity index (χ4v) is 3.69. The summed E-state index contributed by atoms with van der Waals surface area (Å²) in [6.45, 7) is 2.19. The third-order valence-corrected chi connectivity index (χ3v) is 5.68. The Morgan fingerprint density at radius 3 is 2.26 bits per heavy atom. The zero-order valence-corrected chi connectivity index (χ0v) is 17.4. The van der Waals surface area contributed by atoms with Crippen molar-refractivity contribution in [3.8, 4) is 5.69 Å². The average Bonchev–Trinajstić information content (AvgIpc) is 3.42. The van der Waals surface area contributed by atoms with Crippen LogP contribution in [0.3, 0.4) is 0 Å². The van der Waals surface area contributed by atoms with Gasteiger partial charge in [0.1, 0.15) is 12.7 Å². The van der Waals surface area contributed by atoms with Gasteiger partial charge in [-0.05, 0) is 43.2 Å². The SMILES string of the molecule is C[C@@H](c1ccc(-n2cncn2)cc1)N(C)C(=O)CCCN1C(=O)c2ccccc2C1=O. The molecule has 2 heterocycles. The Hall–Kier alpha value is -3.81. The van der Waals surface area contributed by atoms with E-state index in [1.54, 1.807) is 47.2 Å². The van der Waals surface area contributed by atoms with Crippen molar-refractivity contribution in [2.75, 3.05) is 13.6 Å². The predicted octanol–water partition coefficient (Wildman–Crippen LogP) is 2.86. The van der Waals surface area contributed by atoms with Gasteiger partial charge in [0.25, 0.3) is 11.8 Å². The molecule has 0 aliphatic carbocycles. The van der Waals surface area contributed by atoms with Crippen LogP contribution >= 0.6 is 0 Å². The molecule has 0 spiro atoms. The maximum absolute atomic E-state index is 12.7. The second-order valence-electron chi connectivity index (χ2n) is 7.52. The summed E-state index contributed by atoms with van der Waals surface area (Å²) in [5.41, 5.74) is 2.75. The summed E-state index contributed by atoms with van der Waals surface area (Å²) in [7, 11) is 1.76. The fourth-order valence-electron chi connectivity index (χ4n) is 3.69. The molecular weight excluding hydrogens is 394 g/mol. The molecule has 158 valence electrons. The van der Waals surface area contributed by atoms with Crippen LogP contribution < -0.4 is 0 Å². The van der Waals surface area contributed by atoms with Gasteiger partial charge in [-0.3, -0.25) is 19.3 Å². The van der Waals surface area contributed by atoms with E-state index < -0.39 is 0 Å². The van der Waals surface area contributed by atoms with Gasteiger partial charge in [-0.2, -0.15) is 5.10 Å². The molecule has 0 N–H and O–H groups in total. The highest BCUT2D eigenvalue weighted by atomic mass is 16.2. The number of imide groups is 1. The number of carbonyl (C=O) groups is 3. The smallest absolute Gasteiger partial charge is 0.261 e. The Bertz CT molecular complexity index is 1070. The van der Waals surface area contributed by atoms with E-state index in [0.29, 0.717) is 17.5 Å². The van der Waals surface area contributed by atoms with Crippen LogP contribution in [0.5, 0.6) is 0 Å². The number of hydrogen-bond donors (Lipinski definition) is 0. The normalized spacial score (nSPS) is 13.9. The fraction of sp³-hybridized carbons (Fsp3) is 0.261. The molecule has 0 radical (unpaired) electrons. The summed E-state index contributed by atoms with van der Waals surface area (Å²) in [5.74, 6) is -0.617. The lowest BCUT2D eigenvalue weighted by atomic mass is 10.1. The lowest BCUT2D eigenvalue weighted by Crippen LogP contribution is -2.33. The molecular formula is C23H23N5O3. The van der Waals surface area contributed by atoms with Crippen LogP contribution in [0.25, 0.3) is 5.69 Å². The van der Waals surface area contributed by atoms with Crippen LogP contribution in [0.1, 0.15) is 52.1 Å². The van der Waals surface area contributed by atoms with Crippen molar-refractivity contribution in [3.05, 3.63) is 77.9 Å². The molecule has 1 aliphatic heterocycles. The molecule has 1 aromatic heterocycles. The Labute approximate surface area is 180 Å². The number of hydrogen-bond acceptors (Lipinski definition) is 5. The molecule has 0 unspecified atom stereocenters. The first-order chi connectivity index (χ1) is 15.0. The number of rotatable bonds is 7. The molecule has 31 heavy (non-hydrogen) atoms. The minimum atomic E-state index is -0.290. The molecule has 0 fully saturated rings. The highest BCUT2D eigenvalue weighted by Crippen LogP contribution is 2.24. The molecule has 0 saturated heterocycles. The summed E-state index contributed by atoms with van der Waals surface area (Å²) in [5, 5.41) is 4.10. The second kappa shape index (κ2) is 8.51. The summed E-state index contributed by atoms with van der Waals surface area (Å²) in [6.07, 6.45) is 3.78. The quantitative estimate of drug-likeness (QED) is 0.552. The van der Waals surface area contributed by atoms with Crippen LogP contribution in [-0.2, 0) is 4.79 Å². The monoisotopic (exact) mass is 417 g/mol. The van der Waals surface area contributed by atoms with Crippen molar-refractivity contribution in [3.63, 3.8) is 0 Å². The molecule has 0 bridgehead atoms. The molecule has 2 aromatic carbocycles. The molecule has 8 nitrogen and oxygen atoms in total. The van der Waals surface area contributed by atoms with Gasteiger partial charge in [-0.1, -0.05) is 24.3 Å². The summed E-state index contributed by atoms with van der Waals surface area (Å²) in [6, 6.07) is 14.5. The Balaban J connectivity index is 1.32. The van der Waals surface area contributed by atoms with Gasteiger partial charge in [0.15, 0.2) is 0 Å². The Morgan fingerprint density at radius 1 is 1.03 bits per heavy atom. The molecule has 1 aliphatic rings. The second-order valence-corrected chi connectivity index (χ2v) is 7.52. The highest BCUT2D eigenvalue weighted by Gasteiger charge is 2.34. The van der Waals surface area contributed by atoms with E-state index in [-0.39, 0.29) is 36.7 Å². The summed E-state index contributed by atoms with van der Waals surface area (Å²) < 4.78 is 1.67. The first kappa shape index (κ1) is 20.5. The van der Waals surface area contributed by atoms with E-state index in [2.05, 4.69) is 10.1 Å². The van der Waals surface area contributed by atoms with Crippen LogP contribution in [0.2, 0.25) is 0 Å². The highest BCUT2D eigenvalue weighted by molar-refractivity contribution is 6.21. The lowest BCUT2D eigenvalue weighted by Gasteiger charge is -2.26. The minimum absolute atomic E-state index is 0.0375. The molecule has 3 amide bonds. The maximum Gasteiger partial charge on any atom is 0.261 e.